The van der Waals surface area contributed by atoms with Crippen LogP contribution in [0.25, 0.3) is 0 Å². The highest BCUT2D eigenvalue weighted by Gasteiger charge is 2.51. The average Bonchev–Trinajstić information content (AvgIpc) is 3.25. The summed E-state index contributed by atoms with van der Waals surface area (Å²) in [6, 6.07) is 13.4. The van der Waals surface area contributed by atoms with Gasteiger partial charge < -0.3 is 0 Å². The zero-order valence-corrected chi connectivity index (χ0v) is 12.7. The molecule has 104 valence electrons. The summed E-state index contributed by atoms with van der Waals surface area (Å²) in [7, 11) is 0. The van der Waals surface area contributed by atoms with Crippen LogP contribution in [0.15, 0.2) is 42.5 Å². The molecule has 0 aromatic heterocycles. The Morgan fingerprint density at radius 1 is 1.15 bits per heavy atom. The van der Waals surface area contributed by atoms with E-state index < -0.39 is 0 Å². The van der Waals surface area contributed by atoms with Crippen LogP contribution in [0.4, 0.5) is 4.39 Å². The van der Waals surface area contributed by atoms with E-state index >= 15 is 0 Å². The highest BCUT2D eigenvalue weighted by Crippen LogP contribution is 2.60. The van der Waals surface area contributed by atoms with Gasteiger partial charge in [0.1, 0.15) is 5.82 Å². The largest absolute Gasteiger partial charge is 0.207 e. The smallest absolute Gasteiger partial charge is 0.127 e. The third-order valence-corrected chi connectivity index (χ3v) is 5.15. The minimum absolute atomic E-state index is 0.0588. The van der Waals surface area contributed by atoms with Gasteiger partial charge in [0.05, 0.1) is 5.38 Å². The summed E-state index contributed by atoms with van der Waals surface area (Å²) in [6.07, 6.45) is 2.08. The molecule has 2 aromatic rings. The Labute approximate surface area is 128 Å². The summed E-state index contributed by atoms with van der Waals surface area (Å²) < 4.78 is 13.5. The fourth-order valence-corrected chi connectivity index (χ4v) is 3.60. The van der Waals surface area contributed by atoms with Crippen LogP contribution in [0, 0.1) is 12.7 Å². The number of hydrogen-bond donors (Lipinski definition) is 0. The monoisotopic (exact) mass is 308 g/mol. The first-order valence-electron chi connectivity index (χ1n) is 6.70. The molecule has 0 nitrogen and oxygen atoms in total. The van der Waals surface area contributed by atoms with Gasteiger partial charge in [0.2, 0.25) is 0 Å². The molecule has 0 N–H and O–H groups in total. The van der Waals surface area contributed by atoms with Gasteiger partial charge in [-0.1, -0.05) is 48.0 Å². The van der Waals surface area contributed by atoms with Crippen molar-refractivity contribution >= 4 is 23.2 Å². The van der Waals surface area contributed by atoms with E-state index in [1.165, 1.54) is 11.6 Å². The topological polar surface area (TPSA) is 0 Å². The first kappa shape index (κ1) is 13.9. The minimum atomic E-state index is -0.285. The van der Waals surface area contributed by atoms with Gasteiger partial charge in [-0.2, -0.15) is 0 Å². The van der Waals surface area contributed by atoms with Crippen LogP contribution in [0.1, 0.15) is 34.9 Å². The molecule has 1 saturated carbocycles. The summed E-state index contributed by atoms with van der Waals surface area (Å²) in [5.74, 6) is -0.285. The number of rotatable bonds is 3. The molecular formula is C17H15Cl2F. The fraction of sp³-hybridized carbons (Fsp3) is 0.294. The van der Waals surface area contributed by atoms with Crippen molar-refractivity contribution in [1.29, 1.82) is 0 Å². The number of benzene rings is 2. The standard InChI is InChI=1S/C17H15Cl2F/c1-11-9-13(14(18)10-15(11)20)16(19)17(7-8-17)12-5-3-2-4-6-12/h2-6,9-10,16H,7-8H2,1H3. The zero-order chi connectivity index (χ0) is 14.3. The second-order valence-corrected chi connectivity index (χ2v) is 6.35. The third-order valence-electron chi connectivity index (χ3n) is 4.17. The normalized spacial score (nSPS) is 17.8. The van der Waals surface area contributed by atoms with Gasteiger partial charge in [-0.3, -0.25) is 0 Å². The molecule has 0 bridgehead atoms. The molecule has 0 amide bonds. The lowest BCUT2D eigenvalue weighted by atomic mass is 9.88. The molecule has 1 atom stereocenters. The molecule has 0 aliphatic heterocycles. The Morgan fingerprint density at radius 3 is 2.40 bits per heavy atom. The molecule has 1 unspecified atom stereocenters. The van der Waals surface area contributed by atoms with Crippen molar-refractivity contribution < 1.29 is 4.39 Å². The van der Waals surface area contributed by atoms with Crippen LogP contribution < -0.4 is 0 Å². The van der Waals surface area contributed by atoms with E-state index in [1.54, 1.807) is 13.0 Å². The first-order valence-corrected chi connectivity index (χ1v) is 7.51. The first-order chi connectivity index (χ1) is 9.54. The predicted molar refractivity (Wildman–Crippen MR) is 82.1 cm³/mol. The average molecular weight is 309 g/mol. The maximum absolute atomic E-state index is 13.5. The SMILES string of the molecule is Cc1cc(C(Cl)C2(c3ccccc3)CC2)c(Cl)cc1F. The Bertz CT molecular complexity index is 633. The van der Waals surface area contributed by atoms with E-state index in [4.69, 9.17) is 23.2 Å². The van der Waals surface area contributed by atoms with Crippen molar-refractivity contribution in [2.45, 2.75) is 30.6 Å². The van der Waals surface area contributed by atoms with Crippen LogP contribution >= 0.6 is 23.2 Å². The van der Waals surface area contributed by atoms with Gasteiger partial charge in [-0.15, -0.1) is 11.6 Å². The Balaban J connectivity index is 2.01. The maximum Gasteiger partial charge on any atom is 0.127 e. The molecule has 20 heavy (non-hydrogen) atoms. The van der Waals surface area contributed by atoms with Crippen molar-refractivity contribution in [1.82, 2.24) is 0 Å². The van der Waals surface area contributed by atoms with Gasteiger partial charge >= 0.3 is 0 Å². The second kappa shape index (κ2) is 5.05. The van der Waals surface area contributed by atoms with Crippen molar-refractivity contribution in [3.05, 3.63) is 70.0 Å². The van der Waals surface area contributed by atoms with Crippen LogP contribution in [0.2, 0.25) is 5.02 Å². The van der Waals surface area contributed by atoms with E-state index in [9.17, 15) is 4.39 Å². The molecule has 0 heterocycles. The Hall–Kier alpha value is -1.05. The Kier molecular flexibility index (Phi) is 3.51. The van der Waals surface area contributed by atoms with E-state index in [0.717, 1.165) is 18.4 Å². The third kappa shape index (κ3) is 2.23. The lowest BCUT2D eigenvalue weighted by Crippen LogP contribution is -2.14. The lowest BCUT2D eigenvalue weighted by Gasteiger charge is -2.24. The molecule has 3 rings (SSSR count). The summed E-state index contributed by atoms with van der Waals surface area (Å²) in [5, 5.41) is 0.187. The Morgan fingerprint density at radius 2 is 1.80 bits per heavy atom. The second-order valence-electron chi connectivity index (χ2n) is 5.51. The summed E-state index contributed by atoms with van der Waals surface area (Å²) in [4.78, 5) is 0. The highest BCUT2D eigenvalue weighted by molar-refractivity contribution is 6.33. The lowest BCUT2D eigenvalue weighted by molar-refractivity contribution is 0.613. The quantitative estimate of drug-likeness (QED) is 0.629. The maximum atomic E-state index is 13.5. The van der Waals surface area contributed by atoms with Crippen molar-refractivity contribution in [2.75, 3.05) is 0 Å². The highest BCUT2D eigenvalue weighted by atomic mass is 35.5. The van der Waals surface area contributed by atoms with Crippen molar-refractivity contribution in [3.63, 3.8) is 0 Å². The molecule has 0 spiro atoms. The predicted octanol–water partition coefficient (Wildman–Crippen LogP) is 5.80. The fourth-order valence-electron chi connectivity index (χ4n) is 2.76. The van der Waals surface area contributed by atoms with E-state index in [1.807, 2.05) is 18.2 Å². The number of aryl methyl sites for hydroxylation is 1. The molecule has 0 saturated heterocycles. The van der Waals surface area contributed by atoms with Gasteiger partial charge in [-0.05, 0) is 42.5 Å². The van der Waals surface area contributed by atoms with Crippen LogP contribution in [-0.4, -0.2) is 0 Å². The van der Waals surface area contributed by atoms with Crippen molar-refractivity contribution in [3.8, 4) is 0 Å². The van der Waals surface area contributed by atoms with E-state index in [2.05, 4.69) is 12.1 Å². The van der Waals surface area contributed by atoms with Gasteiger partial charge in [0.25, 0.3) is 0 Å². The van der Waals surface area contributed by atoms with Gasteiger partial charge in [-0.25, -0.2) is 4.39 Å². The van der Waals surface area contributed by atoms with Gasteiger partial charge in [0, 0.05) is 10.4 Å². The van der Waals surface area contributed by atoms with Crippen LogP contribution in [-0.2, 0) is 5.41 Å². The van der Waals surface area contributed by atoms with Crippen LogP contribution in [0.5, 0.6) is 0 Å². The molecule has 1 aliphatic carbocycles. The van der Waals surface area contributed by atoms with E-state index in [-0.39, 0.29) is 16.6 Å². The molecule has 1 aliphatic rings. The van der Waals surface area contributed by atoms with Crippen molar-refractivity contribution in [2.24, 2.45) is 0 Å². The van der Waals surface area contributed by atoms with E-state index in [0.29, 0.717) is 10.6 Å². The molecule has 3 heteroatoms. The number of alkyl halides is 1. The summed E-state index contributed by atoms with van der Waals surface area (Å²) >= 11 is 12.9. The van der Waals surface area contributed by atoms with Gasteiger partial charge in [0.15, 0.2) is 0 Å². The minimum Gasteiger partial charge on any atom is -0.207 e. The zero-order valence-electron chi connectivity index (χ0n) is 11.2. The number of hydrogen-bond acceptors (Lipinski definition) is 0. The summed E-state index contributed by atoms with van der Waals surface area (Å²) in [5.41, 5.74) is 2.59. The molecule has 0 radical (unpaired) electrons. The molecule has 1 fully saturated rings. The molecular weight excluding hydrogens is 294 g/mol. The number of halogens is 3. The summed E-state index contributed by atoms with van der Waals surface area (Å²) in [6.45, 7) is 1.74. The van der Waals surface area contributed by atoms with Crippen LogP contribution in [0.3, 0.4) is 0 Å². The molecule has 2 aromatic carbocycles.